The van der Waals surface area contributed by atoms with Gasteiger partial charge in [0.2, 0.25) is 0 Å². The Kier molecular flexibility index (Phi) is 2.39. The Morgan fingerprint density at radius 3 is 2.69 bits per heavy atom. The molecule has 2 rings (SSSR count). The Balaban J connectivity index is 2.44. The Labute approximate surface area is 91.4 Å². The van der Waals surface area contributed by atoms with Gasteiger partial charge >= 0.3 is 0 Å². The number of hydrogen-bond donors (Lipinski definition) is 1. The van der Waals surface area contributed by atoms with E-state index in [1.807, 2.05) is 12.1 Å². The van der Waals surface area contributed by atoms with Crippen molar-refractivity contribution in [3.8, 4) is 0 Å². The summed E-state index contributed by atoms with van der Waals surface area (Å²) in [5.41, 5.74) is 7.13. The number of halogens is 2. The molecule has 0 heterocycles. The van der Waals surface area contributed by atoms with Crippen molar-refractivity contribution in [1.82, 2.24) is 0 Å². The fourth-order valence-electron chi connectivity index (χ4n) is 1.64. The van der Waals surface area contributed by atoms with Crippen molar-refractivity contribution < 1.29 is 0 Å². The van der Waals surface area contributed by atoms with Crippen LogP contribution in [0.5, 0.6) is 0 Å². The van der Waals surface area contributed by atoms with Crippen LogP contribution in [0.1, 0.15) is 18.4 Å². The van der Waals surface area contributed by atoms with E-state index in [9.17, 15) is 0 Å². The summed E-state index contributed by atoms with van der Waals surface area (Å²) in [5, 5.41) is 0.839. The van der Waals surface area contributed by atoms with Gasteiger partial charge in [-0.25, -0.2) is 0 Å². The van der Waals surface area contributed by atoms with E-state index in [0.29, 0.717) is 6.54 Å². The molecule has 0 aliphatic heterocycles. The Hall–Kier alpha value is -0.0500. The third kappa shape index (κ3) is 1.63. The average Bonchev–Trinajstić information content (AvgIpc) is 2.90. The largest absolute Gasteiger partial charge is 0.330 e. The number of rotatable bonds is 2. The van der Waals surface area contributed by atoms with E-state index in [1.54, 1.807) is 0 Å². The molecule has 13 heavy (non-hydrogen) atoms. The van der Waals surface area contributed by atoms with Crippen LogP contribution in [0.15, 0.2) is 22.7 Å². The van der Waals surface area contributed by atoms with Gasteiger partial charge in [-0.05, 0) is 36.6 Å². The van der Waals surface area contributed by atoms with Gasteiger partial charge in [0.05, 0.1) is 0 Å². The molecular formula is C10H11BrClN. The summed E-state index contributed by atoms with van der Waals surface area (Å²) in [7, 11) is 0. The Morgan fingerprint density at radius 2 is 2.15 bits per heavy atom. The molecule has 70 valence electrons. The van der Waals surface area contributed by atoms with Crippen LogP contribution in [0.3, 0.4) is 0 Å². The normalized spacial score (nSPS) is 18.7. The van der Waals surface area contributed by atoms with Crippen LogP contribution in [0, 0.1) is 0 Å². The first-order valence-electron chi connectivity index (χ1n) is 4.33. The summed E-state index contributed by atoms with van der Waals surface area (Å²) in [6, 6.07) is 5.97. The standard InChI is InChI=1S/C10H11BrClN/c11-7-1-2-9(12)8(5-7)10(6-13)3-4-10/h1-2,5H,3-4,6,13H2. The number of benzene rings is 1. The van der Waals surface area contributed by atoms with Crippen molar-refractivity contribution in [3.63, 3.8) is 0 Å². The first-order chi connectivity index (χ1) is 6.18. The molecule has 1 aliphatic rings. The lowest BCUT2D eigenvalue weighted by molar-refractivity contribution is 0.704. The Bertz CT molecular complexity index is 334. The molecule has 0 spiro atoms. The number of nitrogens with two attached hydrogens (primary N) is 1. The highest BCUT2D eigenvalue weighted by Gasteiger charge is 2.44. The third-order valence-electron chi connectivity index (χ3n) is 2.74. The summed E-state index contributed by atoms with van der Waals surface area (Å²) in [6.45, 7) is 0.698. The quantitative estimate of drug-likeness (QED) is 0.869. The molecule has 0 atom stereocenters. The van der Waals surface area contributed by atoms with E-state index in [2.05, 4.69) is 22.0 Å². The van der Waals surface area contributed by atoms with E-state index in [1.165, 1.54) is 18.4 Å². The fraction of sp³-hybridized carbons (Fsp3) is 0.400. The van der Waals surface area contributed by atoms with Crippen LogP contribution in [-0.4, -0.2) is 6.54 Å². The highest BCUT2D eigenvalue weighted by atomic mass is 79.9. The van der Waals surface area contributed by atoms with E-state index in [4.69, 9.17) is 17.3 Å². The second-order valence-corrected chi connectivity index (χ2v) is 4.93. The summed E-state index contributed by atoms with van der Waals surface area (Å²) >= 11 is 9.57. The highest BCUT2D eigenvalue weighted by molar-refractivity contribution is 9.10. The minimum Gasteiger partial charge on any atom is -0.330 e. The second-order valence-electron chi connectivity index (χ2n) is 3.61. The van der Waals surface area contributed by atoms with E-state index < -0.39 is 0 Å². The van der Waals surface area contributed by atoms with E-state index >= 15 is 0 Å². The lowest BCUT2D eigenvalue weighted by atomic mass is 9.96. The molecule has 0 amide bonds. The summed E-state index contributed by atoms with van der Waals surface area (Å²) < 4.78 is 1.08. The molecule has 1 saturated carbocycles. The van der Waals surface area contributed by atoms with Crippen LogP contribution in [-0.2, 0) is 5.41 Å². The Morgan fingerprint density at radius 1 is 1.46 bits per heavy atom. The first kappa shape index (κ1) is 9.50. The smallest absolute Gasteiger partial charge is 0.0444 e. The third-order valence-corrected chi connectivity index (χ3v) is 3.57. The SMILES string of the molecule is NCC1(c2cc(Br)ccc2Cl)CC1. The summed E-state index contributed by atoms with van der Waals surface area (Å²) in [5.74, 6) is 0. The molecule has 0 aromatic heterocycles. The van der Waals surface area contributed by atoms with Gasteiger partial charge in [0.25, 0.3) is 0 Å². The maximum Gasteiger partial charge on any atom is 0.0444 e. The average molecular weight is 261 g/mol. The fourth-order valence-corrected chi connectivity index (χ4v) is 2.32. The molecule has 3 heteroatoms. The summed E-state index contributed by atoms with van der Waals surface area (Å²) in [6.07, 6.45) is 2.33. The van der Waals surface area contributed by atoms with Crippen molar-refractivity contribution in [2.45, 2.75) is 18.3 Å². The van der Waals surface area contributed by atoms with Gasteiger partial charge in [0.1, 0.15) is 0 Å². The van der Waals surface area contributed by atoms with Crippen LogP contribution < -0.4 is 5.73 Å². The van der Waals surface area contributed by atoms with Gasteiger partial charge in [-0.3, -0.25) is 0 Å². The maximum atomic E-state index is 6.12. The number of hydrogen-bond acceptors (Lipinski definition) is 1. The minimum absolute atomic E-state index is 0.181. The van der Waals surface area contributed by atoms with Crippen molar-refractivity contribution in [1.29, 1.82) is 0 Å². The van der Waals surface area contributed by atoms with Crippen molar-refractivity contribution in [2.75, 3.05) is 6.54 Å². The molecule has 1 aliphatic carbocycles. The minimum atomic E-state index is 0.181. The first-order valence-corrected chi connectivity index (χ1v) is 5.51. The molecular weight excluding hydrogens is 249 g/mol. The van der Waals surface area contributed by atoms with Gasteiger partial charge in [-0.2, -0.15) is 0 Å². The zero-order chi connectivity index (χ0) is 9.47. The predicted octanol–water partition coefficient (Wildman–Crippen LogP) is 3.09. The molecule has 0 bridgehead atoms. The lowest BCUT2D eigenvalue weighted by Crippen LogP contribution is -2.20. The van der Waals surface area contributed by atoms with Crippen molar-refractivity contribution in [3.05, 3.63) is 33.3 Å². The molecule has 1 fully saturated rings. The van der Waals surface area contributed by atoms with Crippen LogP contribution in [0.2, 0.25) is 5.02 Å². The van der Waals surface area contributed by atoms with Crippen LogP contribution in [0.25, 0.3) is 0 Å². The second kappa shape index (κ2) is 3.26. The zero-order valence-corrected chi connectivity index (χ0v) is 9.53. The molecule has 0 saturated heterocycles. The monoisotopic (exact) mass is 259 g/mol. The molecule has 1 aromatic rings. The van der Waals surface area contributed by atoms with Crippen molar-refractivity contribution in [2.24, 2.45) is 5.73 Å². The lowest BCUT2D eigenvalue weighted by Gasteiger charge is -2.14. The van der Waals surface area contributed by atoms with Crippen molar-refractivity contribution >= 4 is 27.5 Å². The van der Waals surface area contributed by atoms with E-state index in [0.717, 1.165) is 9.50 Å². The van der Waals surface area contributed by atoms with Gasteiger partial charge in [0, 0.05) is 21.5 Å². The molecule has 1 aromatic carbocycles. The van der Waals surface area contributed by atoms with Gasteiger partial charge < -0.3 is 5.73 Å². The predicted molar refractivity (Wildman–Crippen MR) is 59.1 cm³/mol. The van der Waals surface area contributed by atoms with Gasteiger partial charge in [-0.1, -0.05) is 27.5 Å². The highest BCUT2D eigenvalue weighted by Crippen LogP contribution is 2.50. The van der Waals surface area contributed by atoms with Crippen LogP contribution in [0.4, 0.5) is 0 Å². The summed E-state index contributed by atoms with van der Waals surface area (Å²) in [4.78, 5) is 0. The van der Waals surface area contributed by atoms with E-state index in [-0.39, 0.29) is 5.41 Å². The van der Waals surface area contributed by atoms with Gasteiger partial charge in [-0.15, -0.1) is 0 Å². The van der Waals surface area contributed by atoms with Gasteiger partial charge in [0.15, 0.2) is 0 Å². The zero-order valence-electron chi connectivity index (χ0n) is 7.19. The molecule has 0 radical (unpaired) electrons. The topological polar surface area (TPSA) is 26.0 Å². The maximum absolute atomic E-state index is 6.12. The van der Waals surface area contributed by atoms with Crippen LogP contribution >= 0.6 is 27.5 Å². The molecule has 2 N–H and O–H groups in total. The molecule has 1 nitrogen and oxygen atoms in total. The molecule has 0 unspecified atom stereocenters.